The Morgan fingerprint density at radius 1 is 1.16 bits per heavy atom. The van der Waals surface area contributed by atoms with E-state index in [1.165, 1.54) is 12.1 Å². The van der Waals surface area contributed by atoms with Crippen molar-refractivity contribution in [2.45, 2.75) is 6.54 Å². The van der Waals surface area contributed by atoms with Gasteiger partial charge in [-0.2, -0.15) is 5.26 Å². The maximum absolute atomic E-state index is 13.6. The van der Waals surface area contributed by atoms with Gasteiger partial charge >= 0.3 is 0 Å². The van der Waals surface area contributed by atoms with Crippen molar-refractivity contribution in [3.05, 3.63) is 63.6 Å². The molecule has 2 rings (SSSR count). The molecule has 0 unspecified atom stereocenters. The molecule has 0 aliphatic rings. The van der Waals surface area contributed by atoms with Crippen molar-refractivity contribution >= 4 is 21.6 Å². The third-order valence-corrected chi connectivity index (χ3v) is 3.07. The SMILES string of the molecule is N#Cc1ccc(NCc2cccc(Br)c2)c(F)c1F. The van der Waals surface area contributed by atoms with Crippen LogP contribution in [-0.4, -0.2) is 0 Å². The Morgan fingerprint density at radius 2 is 1.95 bits per heavy atom. The first-order valence-electron chi connectivity index (χ1n) is 5.48. The summed E-state index contributed by atoms with van der Waals surface area (Å²) in [7, 11) is 0. The first-order chi connectivity index (χ1) is 9.11. The van der Waals surface area contributed by atoms with Gasteiger partial charge in [-0.3, -0.25) is 0 Å². The van der Waals surface area contributed by atoms with Gasteiger partial charge < -0.3 is 5.32 Å². The summed E-state index contributed by atoms with van der Waals surface area (Å²) in [6, 6.07) is 11.7. The van der Waals surface area contributed by atoms with Gasteiger partial charge in [0, 0.05) is 11.0 Å². The lowest BCUT2D eigenvalue weighted by molar-refractivity contribution is 0.508. The van der Waals surface area contributed by atoms with E-state index in [1.54, 1.807) is 6.07 Å². The van der Waals surface area contributed by atoms with Crippen molar-refractivity contribution in [3.63, 3.8) is 0 Å². The fraction of sp³-hybridized carbons (Fsp3) is 0.0714. The fourth-order valence-electron chi connectivity index (χ4n) is 1.62. The molecule has 0 spiro atoms. The minimum atomic E-state index is -1.12. The highest BCUT2D eigenvalue weighted by Gasteiger charge is 2.12. The van der Waals surface area contributed by atoms with E-state index >= 15 is 0 Å². The zero-order valence-corrected chi connectivity index (χ0v) is 11.3. The average Bonchev–Trinajstić information content (AvgIpc) is 2.41. The second kappa shape index (κ2) is 5.81. The second-order valence-corrected chi connectivity index (χ2v) is 4.80. The number of nitrogens with zero attached hydrogens (tertiary/aromatic N) is 1. The largest absolute Gasteiger partial charge is 0.379 e. The van der Waals surface area contributed by atoms with Crippen LogP contribution in [0.1, 0.15) is 11.1 Å². The number of benzene rings is 2. The fourth-order valence-corrected chi connectivity index (χ4v) is 2.06. The summed E-state index contributed by atoms with van der Waals surface area (Å²) in [6.45, 7) is 0.363. The molecule has 2 aromatic carbocycles. The predicted octanol–water partition coefficient (Wildman–Crippen LogP) is 4.21. The van der Waals surface area contributed by atoms with Crippen molar-refractivity contribution in [2.24, 2.45) is 0 Å². The van der Waals surface area contributed by atoms with E-state index in [9.17, 15) is 8.78 Å². The van der Waals surface area contributed by atoms with Gasteiger partial charge in [0.05, 0.1) is 11.3 Å². The summed E-state index contributed by atoms with van der Waals surface area (Å²) >= 11 is 3.34. The molecule has 1 N–H and O–H groups in total. The molecule has 0 aliphatic carbocycles. The number of rotatable bonds is 3. The molecular formula is C14H9BrF2N2. The predicted molar refractivity (Wildman–Crippen MR) is 72.5 cm³/mol. The highest BCUT2D eigenvalue weighted by molar-refractivity contribution is 9.10. The van der Waals surface area contributed by atoms with Crippen LogP contribution < -0.4 is 5.32 Å². The minimum absolute atomic E-state index is 0.0384. The van der Waals surface area contributed by atoms with Gasteiger partial charge in [-0.15, -0.1) is 0 Å². The molecule has 2 nitrogen and oxygen atoms in total. The average molecular weight is 323 g/mol. The molecule has 5 heteroatoms. The van der Waals surface area contributed by atoms with Crippen molar-refractivity contribution in [1.82, 2.24) is 0 Å². The maximum atomic E-state index is 13.6. The first-order valence-corrected chi connectivity index (χ1v) is 6.27. The summed E-state index contributed by atoms with van der Waals surface area (Å²) in [5.74, 6) is -2.16. The Morgan fingerprint density at radius 3 is 2.63 bits per heavy atom. The van der Waals surface area contributed by atoms with Crippen molar-refractivity contribution in [2.75, 3.05) is 5.32 Å². The number of hydrogen-bond donors (Lipinski definition) is 1. The molecule has 0 bridgehead atoms. The molecular weight excluding hydrogens is 314 g/mol. The van der Waals surface area contributed by atoms with Crippen LogP contribution >= 0.6 is 15.9 Å². The van der Waals surface area contributed by atoms with Gasteiger partial charge in [0.1, 0.15) is 6.07 Å². The summed E-state index contributed by atoms with van der Waals surface area (Å²) in [5, 5.41) is 11.4. The molecule has 0 radical (unpaired) electrons. The minimum Gasteiger partial charge on any atom is -0.379 e. The third-order valence-electron chi connectivity index (χ3n) is 2.57. The zero-order chi connectivity index (χ0) is 13.8. The quantitative estimate of drug-likeness (QED) is 0.918. The zero-order valence-electron chi connectivity index (χ0n) is 9.75. The van der Waals surface area contributed by atoms with Crippen LogP contribution in [0.5, 0.6) is 0 Å². The Labute approximate surface area is 117 Å². The highest BCUT2D eigenvalue weighted by Crippen LogP contribution is 2.21. The van der Waals surface area contributed by atoms with E-state index in [1.807, 2.05) is 24.3 Å². The van der Waals surface area contributed by atoms with Crippen molar-refractivity contribution in [3.8, 4) is 6.07 Å². The smallest absolute Gasteiger partial charge is 0.183 e. The molecule has 0 heterocycles. The van der Waals surface area contributed by atoms with E-state index in [2.05, 4.69) is 21.2 Å². The van der Waals surface area contributed by atoms with Crippen molar-refractivity contribution < 1.29 is 8.78 Å². The van der Waals surface area contributed by atoms with Gasteiger partial charge in [-0.05, 0) is 29.8 Å². The van der Waals surface area contributed by atoms with Crippen LogP contribution in [0.2, 0.25) is 0 Å². The van der Waals surface area contributed by atoms with Gasteiger partial charge in [-0.25, -0.2) is 8.78 Å². The van der Waals surface area contributed by atoms with E-state index in [0.717, 1.165) is 10.0 Å². The molecule has 96 valence electrons. The number of anilines is 1. The molecule has 0 aliphatic heterocycles. The number of nitrogens with one attached hydrogen (secondary N) is 1. The van der Waals surface area contributed by atoms with Crippen molar-refractivity contribution in [1.29, 1.82) is 5.26 Å². The lowest BCUT2D eigenvalue weighted by atomic mass is 10.2. The summed E-state index contributed by atoms with van der Waals surface area (Å²) in [6.07, 6.45) is 0. The van der Waals surface area contributed by atoms with Crippen LogP contribution in [0.3, 0.4) is 0 Å². The summed E-state index contributed by atoms with van der Waals surface area (Å²) < 4.78 is 28.0. The Hall–Kier alpha value is -1.93. The standard InChI is InChI=1S/C14H9BrF2N2/c15-11-3-1-2-9(6-11)8-19-12-5-4-10(7-18)13(16)14(12)17/h1-6,19H,8H2. The topological polar surface area (TPSA) is 35.8 Å². The van der Waals surface area contributed by atoms with Crippen LogP contribution in [0.25, 0.3) is 0 Å². The monoisotopic (exact) mass is 322 g/mol. The molecule has 2 aromatic rings. The lowest BCUT2D eigenvalue weighted by Gasteiger charge is -2.09. The van der Waals surface area contributed by atoms with E-state index in [-0.39, 0.29) is 11.3 Å². The van der Waals surface area contributed by atoms with Crippen LogP contribution in [0.4, 0.5) is 14.5 Å². The van der Waals surface area contributed by atoms with Crippen LogP contribution in [-0.2, 0) is 6.54 Å². The Bertz CT molecular complexity index is 650. The molecule has 0 amide bonds. The first kappa shape index (κ1) is 13.5. The summed E-state index contributed by atoms with van der Waals surface area (Å²) in [5.41, 5.74) is 0.667. The maximum Gasteiger partial charge on any atom is 0.183 e. The van der Waals surface area contributed by atoms with Gasteiger partial charge in [0.25, 0.3) is 0 Å². The molecule has 0 atom stereocenters. The molecule has 0 fully saturated rings. The normalized spacial score (nSPS) is 10.0. The van der Waals surface area contributed by atoms with E-state index < -0.39 is 11.6 Å². The molecule has 0 saturated heterocycles. The molecule has 0 aromatic heterocycles. The Kier molecular flexibility index (Phi) is 4.13. The van der Waals surface area contributed by atoms with Gasteiger partial charge in [0.2, 0.25) is 0 Å². The number of hydrogen-bond acceptors (Lipinski definition) is 2. The second-order valence-electron chi connectivity index (χ2n) is 3.88. The third kappa shape index (κ3) is 3.09. The van der Waals surface area contributed by atoms with Crippen LogP contribution in [0, 0.1) is 23.0 Å². The van der Waals surface area contributed by atoms with E-state index in [0.29, 0.717) is 6.54 Å². The van der Waals surface area contributed by atoms with Gasteiger partial charge in [0.15, 0.2) is 11.6 Å². The van der Waals surface area contributed by atoms with E-state index in [4.69, 9.17) is 5.26 Å². The summed E-state index contributed by atoms with van der Waals surface area (Å²) in [4.78, 5) is 0. The Balaban J connectivity index is 2.17. The van der Waals surface area contributed by atoms with Crippen LogP contribution in [0.15, 0.2) is 40.9 Å². The highest BCUT2D eigenvalue weighted by atomic mass is 79.9. The molecule has 19 heavy (non-hydrogen) atoms. The number of halogens is 3. The lowest BCUT2D eigenvalue weighted by Crippen LogP contribution is -2.03. The molecule has 0 saturated carbocycles. The van der Waals surface area contributed by atoms with Gasteiger partial charge in [-0.1, -0.05) is 28.1 Å². The number of nitriles is 1.